The van der Waals surface area contributed by atoms with Crippen molar-refractivity contribution in [2.75, 3.05) is 19.6 Å². The molecule has 0 aliphatic carbocycles. The summed E-state index contributed by atoms with van der Waals surface area (Å²) in [6.45, 7) is 7.67. The number of nitrogens with two attached hydrogens (primary N) is 1. The third-order valence-electron chi connectivity index (χ3n) is 4.17. The van der Waals surface area contributed by atoms with E-state index in [1.807, 2.05) is 26.0 Å². The molecule has 21 heavy (non-hydrogen) atoms. The van der Waals surface area contributed by atoms with Crippen LogP contribution >= 0.6 is 12.4 Å². The number of hydrogen-bond donors (Lipinski definition) is 1. The third-order valence-corrected chi connectivity index (χ3v) is 6.09. The van der Waals surface area contributed by atoms with E-state index in [9.17, 15) is 8.42 Å². The summed E-state index contributed by atoms with van der Waals surface area (Å²) < 4.78 is 27.3. The molecule has 1 fully saturated rings. The van der Waals surface area contributed by atoms with Gasteiger partial charge in [0.1, 0.15) is 0 Å². The van der Waals surface area contributed by atoms with Gasteiger partial charge in [0.2, 0.25) is 10.0 Å². The molecule has 2 rings (SSSR count). The van der Waals surface area contributed by atoms with Gasteiger partial charge in [-0.3, -0.25) is 0 Å². The molecule has 1 heterocycles. The number of nitrogens with zero attached hydrogens (tertiary/aromatic N) is 1. The molecular weight excluding hydrogens is 308 g/mol. The van der Waals surface area contributed by atoms with E-state index in [4.69, 9.17) is 5.73 Å². The van der Waals surface area contributed by atoms with Gasteiger partial charge in [-0.25, -0.2) is 8.42 Å². The van der Waals surface area contributed by atoms with Crippen LogP contribution in [0.5, 0.6) is 0 Å². The van der Waals surface area contributed by atoms with Gasteiger partial charge in [0.15, 0.2) is 0 Å². The van der Waals surface area contributed by atoms with Crippen LogP contribution in [0.25, 0.3) is 0 Å². The van der Waals surface area contributed by atoms with Crippen LogP contribution in [-0.4, -0.2) is 32.4 Å². The normalized spacial score (nSPS) is 23.3. The standard InChI is InChI=1S/C15H24N2O2S.ClH/c1-12(2)13-6-4-5-7-14(13)20(18,19)17-9-8-15(3,10-16)11-17;/h4-7,12H,8-11,16H2,1-3H3;1H. The summed E-state index contributed by atoms with van der Waals surface area (Å²) in [4.78, 5) is 0.441. The van der Waals surface area contributed by atoms with E-state index in [1.165, 1.54) is 0 Å². The van der Waals surface area contributed by atoms with Crippen LogP contribution < -0.4 is 5.73 Å². The monoisotopic (exact) mass is 332 g/mol. The van der Waals surface area contributed by atoms with Crippen LogP contribution in [0, 0.1) is 5.41 Å². The van der Waals surface area contributed by atoms with Crippen molar-refractivity contribution in [3.63, 3.8) is 0 Å². The molecule has 0 spiro atoms. The Hall–Kier alpha value is -0.620. The molecule has 1 aromatic rings. The van der Waals surface area contributed by atoms with Crippen molar-refractivity contribution in [2.45, 2.75) is 38.0 Å². The summed E-state index contributed by atoms with van der Waals surface area (Å²) in [5.41, 5.74) is 6.55. The van der Waals surface area contributed by atoms with Gasteiger partial charge in [-0.2, -0.15) is 4.31 Å². The van der Waals surface area contributed by atoms with Crippen molar-refractivity contribution in [3.8, 4) is 0 Å². The second-order valence-corrected chi connectivity index (χ2v) is 8.20. The summed E-state index contributed by atoms with van der Waals surface area (Å²) in [5, 5.41) is 0. The van der Waals surface area contributed by atoms with Gasteiger partial charge in [0.25, 0.3) is 0 Å². The van der Waals surface area contributed by atoms with Crippen LogP contribution in [0.15, 0.2) is 29.2 Å². The Balaban J connectivity index is 0.00000220. The van der Waals surface area contributed by atoms with Crippen LogP contribution in [0.4, 0.5) is 0 Å². The fourth-order valence-electron chi connectivity index (χ4n) is 2.68. The summed E-state index contributed by atoms with van der Waals surface area (Å²) in [7, 11) is -3.42. The van der Waals surface area contributed by atoms with Gasteiger partial charge in [-0.05, 0) is 35.9 Å². The van der Waals surface area contributed by atoms with E-state index in [-0.39, 0.29) is 23.7 Å². The highest BCUT2D eigenvalue weighted by atomic mass is 35.5. The van der Waals surface area contributed by atoms with Crippen molar-refractivity contribution in [3.05, 3.63) is 29.8 Å². The zero-order valence-corrected chi connectivity index (χ0v) is 14.5. The summed E-state index contributed by atoms with van der Waals surface area (Å²) in [6.07, 6.45) is 0.826. The highest BCUT2D eigenvalue weighted by molar-refractivity contribution is 7.89. The first-order valence-electron chi connectivity index (χ1n) is 7.09. The molecule has 0 amide bonds. The van der Waals surface area contributed by atoms with Gasteiger partial charge < -0.3 is 5.73 Å². The molecule has 0 bridgehead atoms. The average molecular weight is 333 g/mol. The Morgan fingerprint density at radius 2 is 1.95 bits per heavy atom. The van der Waals surface area contributed by atoms with Gasteiger partial charge in [-0.15, -0.1) is 12.4 Å². The van der Waals surface area contributed by atoms with E-state index < -0.39 is 10.0 Å². The second-order valence-electron chi connectivity index (χ2n) is 6.30. The Morgan fingerprint density at radius 1 is 1.33 bits per heavy atom. The zero-order chi connectivity index (χ0) is 15.0. The van der Waals surface area contributed by atoms with Gasteiger partial charge in [0.05, 0.1) is 4.90 Å². The molecule has 1 atom stereocenters. The topological polar surface area (TPSA) is 63.4 Å². The Labute approximate surface area is 134 Å². The molecule has 2 N–H and O–H groups in total. The fourth-order valence-corrected chi connectivity index (χ4v) is 4.63. The second kappa shape index (κ2) is 6.65. The van der Waals surface area contributed by atoms with Gasteiger partial charge in [0, 0.05) is 13.1 Å². The highest BCUT2D eigenvalue weighted by Crippen LogP contribution is 2.34. The molecule has 6 heteroatoms. The molecule has 0 saturated carbocycles. The van der Waals surface area contributed by atoms with Crippen LogP contribution in [-0.2, 0) is 10.0 Å². The summed E-state index contributed by atoms with van der Waals surface area (Å²) in [5.74, 6) is 0.185. The molecule has 1 aliphatic rings. The first-order valence-corrected chi connectivity index (χ1v) is 8.53. The van der Waals surface area contributed by atoms with Crippen LogP contribution in [0.3, 0.4) is 0 Å². The summed E-state index contributed by atoms with van der Waals surface area (Å²) in [6, 6.07) is 7.29. The molecule has 1 aromatic carbocycles. The van der Waals surface area contributed by atoms with E-state index in [0.717, 1.165) is 12.0 Å². The number of benzene rings is 1. The Bertz CT molecular complexity index is 589. The fraction of sp³-hybridized carbons (Fsp3) is 0.600. The maximum absolute atomic E-state index is 12.8. The van der Waals surface area contributed by atoms with Gasteiger partial charge >= 0.3 is 0 Å². The highest BCUT2D eigenvalue weighted by Gasteiger charge is 2.39. The minimum Gasteiger partial charge on any atom is -0.330 e. The number of rotatable bonds is 4. The largest absolute Gasteiger partial charge is 0.330 e. The molecule has 4 nitrogen and oxygen atoms in total. The van der Waals surface area contributed by atoms with Crippen molar-refractivity contribution in [1.29, 1.82) is 0 Å². The third kappa shape index (κ3) is 3.59. The maximum Gasteiger partial charge on any atom is 0.243 e. The lowest BCUT2D eigenvalue weighted by Crippen LogP contribution is -2.34. The number of sulfonamides is 1. The first kappa shape index (κ1) is 18.4. The van der Waals surface area contributed by atoms with Crippen molar-refractivity contribution in [2.24, 2.45) is 11.1 Å². The average Bonchev–Trinajstić information content (AvgIpc) is 2.83. The van der Waals surface area contributed by atoms with E-state index in [0.29, 0.717) is 24.5 Å². The minimum absolute atomic E-state index is 0. The van der Waals surface area contributed by atoms with Crippen molar-refractivity contribution in [1.82, 2.24) is 4.31 Å². The maximum atomic E-state index is 12.8. The molecule has 1 aliphatic heterocycles. The molecular formula is C15H25ClN2O2S. The molecule has 0 aromatic heterocycles. The first-order chi connectivity index (χ1) is 9.30. The smallest absolute Gasteiger partial charge is 0.243 e. The lowest BCUT2D eigenvalue weighted by atomic mass is 9.90. The van der Waals surface area contributed by atoms with E-state index in [2.05, 4.69) is 6.92 Å². The van der Waals surface area contributed by atoms with E-state index in [1.54, 1.807) is 16.4 Å². The van der Waals surface area contributed by atoms with Crippen molar-refractivity contribution >= 4 is 22.4 Å². The molecule has 1 saturated heterocycles. The van der Waals surface area contributed by atoms with Crippen LogP contribution in [0.1, 0.15) is 38.7 Å². The lowest BCUT2D eigenvalue weighted by molar-refractivity contribution is 0.349. The predicted molar refractivity (Wildman–Crippen MR) is 88.3 cm³/mol. The van der Waals surface area contributed by atoms with Gasteiger partial charge in [-0.1, -0.05) is 39.0 Å². The number of halogens is 1. The minimum atomic E-state index is -3.42. The predicted octanol–water partition coefficient (Wildman–Crippen LogP) is 2.59. The van der Waals surface area contributed by atoms with E-state index >= 15 is 0 Å². The zero-order valence-electron chi connectivity index (χ0n) is 12.9. The molecule has 0 radical (unpaired) electrons. The quantitative estimate of drug-likeness (QED) is 0.921. The summed E-state index contributed by atoms with van der Waals surface area (Å²) >= 11 is 0. The molecule has 120 valence electrons. The number of hydrogen-bond acceptors (Lipinski definition) is 3. The van der Waals surface area contributed by atoms with Crippen molar-refractivity contribution < 1.29 is 8.42 Å². The lowest BCUT2D eigenvalue weighted by Gasteiger charge is -2.23. The Kier molecular flexibility index (Phi) is 5.83. The Morgan fingerprint density at radius 3 is 2.48 bits per heavy atom. The van der Waals surface area contributed by atoms with Crippen LogP contribution in [0.2, 0.25) is 0 Å². The SMILES string of the molecule is CC(C)c1ccccc1S(=O)(=O)N1CCC(C)(CN)C1.Cl. The molecule has 1 unspecified atom stereocenters.